The van der Waals surface area contributed by atoms with Gasteiger partial charge in [0.15, 0.2) is 5.82 Å². The molecule has 142 valence electrons. The Bertz CT molecular complexity index is 937. The van der Waals surface area contributed by atoms with E-state index in [4.69, 9.17) is 4.98 Å². The maximum Gasteiger partial charge on any atom is 0.270 e. The van der Waals surface area contributed by atoms with Gasteiger partial charge < -0.3 is 10.2 Å². The minimum absolute atomic E-state index is 0.0981. The second-order valence-corrected chi connectivity index (χ2v) is 7.10. The van der Waals surface area contributed by atoms with E-state index in [1.54, 1.807) is 0 Å². The molecule has 1 unspecified atom stereocenters. The van der Waals surface area contributed by atoms with Crippen LogP contribution in [-0.4, -0.2) is 29.0 Å². The van der Waals surface area contributed by atoms with Crippen LogP contribution in [0.1, 0.15) is 41.9 Å². The molecule has 0 bridgehead atoms. The Morgan fingerprint density at radius 3 is 2.29 bits per heavy atom. The van der Waals surface area contributed by atoms with Crippen molar-refractivity contribution in [3.63, 3.8) is 0 Å². The zero-order valence-corrected chi connectivity index (χ0v) is 16.0. The topological polar surface area (TPSA) is 58.1 Å². The maximum absolute atomic E-state index is 13.0. The molecule has 0 spiro atoms. The van der Waals surface area contributed by atoms with Gasteiger partial charge in [-0.3, -0.25) is 4.79 Å². The smallest absolute Gasteiger partial charge is 0.270 e. The fraction of sp³-hybridized carbons (Fsp3) is 0.261. The highest BCUT2D eigenvalue weighted by Gasteiger charge is 2.20. The summed E-state index contributed by atoms with van der Waals surface area (Å²) in [5, 5.41) is 3.06. The van der Waals surface area contributed by atoms with Crippen molar-refractivity contribution in [1.29, 1.82) is 0 Å². The van der Waals surface area contributed by atoms with Crippen LogP contribution in [0.5, 0.6) is 0 Å². The van der Waals surface area contributed by atoms with Crippen LogP contribution < -0.4 is 10.2 Å². The van der Waals surface area contributed by atoms with E-state index >= 15 is 0 Å². The lowest BCUT2D eigenvalue weighted by Crippen LogP contribution is -2.28. The Balaban J connectivity index is 1.65. The van der Waals surface area contributed by atoms with Gasteiger partial charge in [0, 0.05) is 24.7 Å². The molecule has 1 amide bonds. The fourth-order valence-electron chi connectivity index (χ4n) is 3.47. The molecule has 0 aliphatic carbocycles. The number of anilines is 1. The Morgan fingerprint density at radius 2 is 1.61 bits per heavy atom. The van der Waals surface area contributed by atoms with Crippen LogP contribution in [0, 0.1) is 0 Å². The molecule has 5 heteroatoms. The third-order valence-electron chi connectivity index (χ3n) is 5.05. The third-order valence-corrected chi connectivity index (χ3v) is 5.05. The molecular weight excluding hydrogens is 348 g/mol. The lowest BCUT2D eigenvalue weighted by Gasteiger charge is -2.19. The van der Waals surface area contributed by atoms with Crippen LogP contribution >= 0.6 is 0 Å². The number of hydrogen-bond donors (Lipinski definition) is 1. The molecule has 3 aromatic rings. The minimum Gasteiger partial charge on any atom is -0.356 e. The van der Waals surface area contributed by atoms with Gasteiger partial charge in [-0.15, -0.1) is 0 Å². The van der Waals surface area contributed by atoms with Crippen molar-refractivity contribution in [1.82, 2.24) is 15.3 Å². The average molecular weight is 372 g/mol. The fourth-order valence-corrected chi connectivity index (χ4v) is 3.47. The third kappa shape index (κ3) is 4.03. The molecule has 1 atom stereocenters. The lowest BCUT2D eigenvalue weighted by atomic mass is 10.1. The van der Waals surface area contributed by atoms with Crippen LogP contribution in [0.15, 0.2) is 66.7 Å². The van der Waals surface area contributed by atoms with E-state index in [1.165, 1.54) is 0 Å². The molecule has 1 fully saturated rings. The minimum atomic E-state index is -0.184. The number of rotatable bonds is 5. The van der Waals surface area contributed by atoms with Crippen LogP contribution in [0.4, 0.5) is 5.82 Å². The van der Waals surface area contributed by atoms with E-state index in [1.807, 2.05) is 73.7 Å². The van der Waals surface area contributed by atoms with Crippen molar-refractivity contribution in [3.05, 3.63) is 78.0 Å². The Morgan fingerprint density at radius 1 is 0.964 bits per heavy atom. The summed E-state index contributed by atoms with van der Waals surface area (Å²) in [5.41, 5.74) is 2.38. The number of nitrogens with one attached hydrogen (secondary N) is 1. The number of carbonyl (C=O) groups excluding carboxylic acids is 1. The summed E-state index contributed by atoms with van der Waals surface area (Å²) in [6.07, 6.45) is 2.30. The van der Waals surface area contributed by atoms with E-state index in [-0.39, 0.29) is 11.9 Å². The van der Waals surface area contributed by atoms with E-state index in [0.29, 0.717) is 11.5 Å². The Kier molecular flexibility index (Phi) is 5.33. The van der Waals surface area contributed by atoms with Gasteiger partial charge >= 0.3 is 0 Å². The lowest BCUT2D eigenvalue weighted by molar-refractivity contribution is 0.0935. The second-order valence-electron chi connectivity index (χ2n) is 7.10. The zero-order valence-electron chi connectivity index (χ0n) is 16.0. The first-order chi connectivity index (χ1) is 13.7. The van der Waals surface area contributed by atoms with Gasteiger partial charge in [-0.1, -0.05) is 60.7 Å². The largest absolute Gasteiger partial charge is 0.356 e. The van der Waals surface area contributed by atoms with Crippen molar-refractivity contribution in [2.45, 2.75) is 25.8 Å². The van der Waals surface area contributed by atoms with Crippen LogP contribution in [0.3, 0.4) is 0 Å². The highest BCUT2D eigenvalue weighted by Crippen LogP contribution is 2.23. The van der Waals surface area contributed by atoms with Crippen LogP contribution in [0.25, 0.3) is 11.4 Å². The monoisotopic (exact) mass is 372 g/mol. The summed E-state index contributed by atoms with van der Waals surface area (Å²) >= 11 is 0. The number of benzene rings is 2. The first-order valence-electron chi connectivity index (χ1n) is 9.76. The summed E-state index contributed by atoms with van der Waals surface area (Å²) in [6.45, 7) is 3.91. The summed E-state index contributed by atoms with van der Waals surface area (Å²) < 4.78 is 0. The molecule has 1 N–H and O–H groups in total. The molecule has 2 aromatic carbocycles. The molecule has 5 nitrogen and oxygen atoms in total. The SMILES string of the molecule is CC(NC(=O)c1cc(N2CCCC2)nc(-c2ccccc2)n1)c1ccccc1. The summed E-state index contributed by atoms with van der Waals surface area (Å²) in [6, 6.07) is 21.5. The summed E-state index contributed by atoms with van der Waals surface area (Å²) in [4.78, 5) is 24.5. The quantitative estimate of drug-likeness (QED) is 0.728. The highest BCUT2D eigenvalue weighted by atomic mass is 16.1. The van der Waals surface area contributed by atoms with E-state index in [0.717, 1.165) is 42.9 Å². The van der Waals surface area contributed by atoms with E-state index < -0.39 is 0 Å². The van der Waals surface area contributed by atoms with Gasteiger partial charge in [-0.25, -0.2) is 9.97 Å². The number of hydrogen-bond acceptors (Lipinski definition) is 4. The Hall–Kier alpha value is -3.21. The summed E-state index contributed by atoms with van der Waals surface area (Å²) in [5.74, 6) is 1.22. The number of amides is 1. The van der Waals surface area contributed by atoms with Gasteiger partial charge in [0.05, 0.1) is 6.04 Å². The van der Waals surface area contributed by atoms with Crippen LogP contribution in [-0.2, 0) is 0 Å². The molecule has 1 aromatic heterocycles. The van der Waals surface area contributed by atoms with Gasteiger partial charge in [0.1, 0.15) is 11.5 Å². The molecule has 4 rings (SSSR count). The van der Waals surface area contributed by atoms with Gasteiger partial charge in [0.2, 0.25) is 0 Å². The second kappa shape index (κ2) is 8.21. The zero-order chi connectivity index (χ0) is 19.3. The van der Waals surface area contributed by atoms with Crippen molar-refractivity contribution in [3.8, 4) is 11.4 Å². The highest BCUT2D eigenvalue weighted by molar-refractivity contribution is 5.93. The van der Waals surface area contributed by atoms with Gasteiger partial charge in [-0.2, -0.15) is 0 Å². The van der Waals surface area contributed by atoms with Gasteiger partial charge in [-0.05, 0) is 25.3 Å². The standard InChI is InChI=1S/C23H24N4O/c1-17(18-10-4-2-5-11-18)24-23(28)20-16-21(27-14-8-9-15-27)26-22(25-20)19-12-6-3-7-13-19/h2-7,10-13,16-17H,8-9,14-15H2,1H3,(H,24,28). The molecule has 0 saturated carbocycles. The molecule has 28 heavy (non-hydrogen) atoms. The number of aromatic nitrogens is 2. The van der Waals surface area contributed by atoms with Crippen molar-refractivity contribution < 1.29 is 4.79 Å². The van der Waals surface area contributed by atoms with Crippen molar-refractivity contribution in [2.75, 3.05) is 18.0 Å². The van der Waals surface area contributed by atoms with Gasteiger partial charge in [0.25, 0.3) is 5.91 Å². The number of nitrogens with zero attached hydrogens (tertiary/aromatic N) is 3. The molecule has 2 heterocycles. The van der Waals surface area contributed by atoms with Crippen LogP contribution in [0.2, 0.25) is 0 Å². The molecule has 1 aliphatic heterocycles. The predicted molar refractivity (Wildman–Crippen MR) is 111 cm³/mol. The molecule has 1 saturated heterocycles. The van der Waals surface area contributed by atoms with E-state index in [2.05, 4.69) is 15.2 Å². The summed E-state index contributed by atoms with van der Waals surface area (Å²) in [7, 11) is 0. The van der Waals surface area contributed by atoms with E-state index in [9.17, 15) is 4.79 Å². The Labute approximate surface area is 165 Å². The number of carbonyl (C=O) groups is 1. The molecule has 0 radical (unpaired) electrons. The molecular formula is C23H24N4O. The average Bonchev–Trinajstić information content (AvgIpc) is 3.30. The normalized spacial score (nSPS) is 14.7. The van der Waals surface area contributed by atoms with Crippen molar-refractivity contribution in [2.24, 2.45) is 0 Å². The maximum atomic E-state index is 13.0. The first kappa shape index (κ1) is 18.2. The first-order valence-corrected chi connectivity index (χ1v) is 9.76. The molecule has 1 aliphatic rings. The predicted octanol–water partition coefficient (Wildman–Crippen LogP) is 4.23. The van der Waals surface area contributed by atoms with Crippen molar-refractivity contribution >= 4 is 11.7 Å².